The normalized spacial score (nSPS) is 17.9. The van der Waals surface area contributed by atoms with E-state index >= 15 is 0 Å². The van der Waals surface area contributed by atoms with Crippen LogP contribution in [0.25, 0.3) is 0 Å². The third-order valence-electron chi connectivity index (χ3n) is 5.20. The van der Waals surface area contributed by atoms with Crippen LogP contribution in [-0.2, 0) is 14.3 Å². The number of esters is 1. The van der Waals surface area contributed by atoms with Crippen molar-refractivity contribution in [2.45, 2.75) is 17.9 Å². The number of hydrogen-bond acceptors (Lipinski definition) is 5. The number of carbonyl (C=O) groups is 3. The molecule has 160 valence electrons. The Morgan fingerprint density at radius 2 is 2.00 bits per heavy atom. The van der Waals surface area contributed by atoms with Crippen LogP contribution >= 0.6 is 23.4 Å². The molecule has 0 radical (unpaired) electrons. The monoisotopic (exact) mass is 457 g/mol. The molecule has 31 heavy (non-hydrogen) atoms. The van der Waals surface area contributed by atoms with Gasteiger partial charge in [-0.3, -0.25) is 9.69 Å². The van der Waals surface area contributed by atoms with Gasteiger partial charge in [-0.15, -0.1) is 11.8 Å². The van der Waals surface area contributed by atoms with E-state index < -0.39 is 23.9 Å². The molecule has 9 heteroatoms. The van der Waals surface area contributed by atoms with Crippen molar-refractivity contribution < 1.29 is 19.1 Å². The first kappa shape index (κ1) is 21.3. The number of hydrogen-bond donors (Lipinski definition) is 2. The van der Waals surface area contributed by atoms with E-state index in [2.05, 4.69) is 10.6 Å². The Balaban J connectivity index is 1.57. The summed E-state index contributed by atoms with van der Waals surface area (Å²) in [5.41, 5.74) is 2.95. The molecule has 0 saturated carbocycles. The van der Waals surface area contributed by atoms with E-state index in [-0.39, 0.29) is 13.2 Å². The van der Waals surface area contributed by atoms with Crippen LogP contribution in [0.2, 0.25) is 5.02 Å². The van der Waals surface area contributed by atoms with Gasteiger partial charge in [-0.25, -0.2) is 9.59 Å². The largest absolute Gasteiger partial charge is 0.456 e. The maximum atomic E-state index is 12.8. The molecule has 2 aliphatic heterocycles. The molecular weight excluding hydrogens is 438 g/mol. The number of thioether (sulfide) groups is 1. The first-order chi connectivity index (χ1) is 14.9. The number of cyclic esters (lactones) is 1. The van der Waals surface area contributed by atoms with Crippen molar-refractivity contribution in [2.75, 3.05) is 24.7 Å². The summed E-state index contributed by atoms with van der Waals surface area (Å²) in [5.74, 6) is -0.909. The molecule has 0 bridgehead atoms. The van der Waals surface area contributed by atoms with Gasteiger partial charge >= 0.3 is 12.0 Å². The van der Waals surface area contributed by atoms with Gasteiger partial charge in [0.25, 0.3) is 0 Å². The predicted molar refractivity (Wildman–Crippen MR) is 119 cm³/mol. The minimum absolute atomic E-state index is 0.0510. The number of amides is 3. The van der Waals surface area contributed by atoms with Gasteiger partial charge in [-0.1, -0.05) is 29.8 Å². The first-order valence-electron chi connectivity index (χ1n) is 9.55. The summed E-state index contributed by atoms with van der Waals surface area (Å²) in [4.78, 5) is 40.2. The van der Waals surface area contributed by atoms with Crippen LogP contribution in [0.5, 0.6) is 0 Å². The summed E-state index contributed by atoms with van der Waals surface area (Å²) in [7, 11) is 0. The number of aryl methyl sites for hydroxylation is 1. The van der Waals surface area contributed by atoms with Crippen LogP contribution in [-0.4, -0.2) is 42.2 Å². The average Bonchev–Trinajstić information content (AvgIpc) is 3.14. The topological polar surface area (TPSA) is 87.7 Å². The van der Waals surface area contributed by atoms with Crippen LogP contribution in [0.3, 0.4) is 0 Å². The van der Waals surface area contributed by atoms with E-state index in [0.717, 1.165) is 16.0 Å². The molecule has 2 N–H and O–H groups in total. The number of ether oxygens (including phenoxy) is 1. The molecule has 2 heterocycles. The minimum Gasteiger partial charge on any atom is -0.456 e. The standard InChI is InChI=1S/C22H20ClN3O4S/c1-12-3-6-14(9-16(12)23)24-18(27)10-26-17-11-30-21(28)19(17)20(25-22(26)29)13-4-7-15(31-2)8-5-13/h3-9,20H,10-11H2,1-2H3,(H,24,27)(H,25,29)/t20-/m1/s1. The Kier molecular flexibility index (Phi) is 5.93. The molecule has 2 aromatic carbocycles. The lowest BCUT2D eigenvalue weighted by molar-refractivity contribution is -0.136. The Hall–Kier alpha value is -2.97. The Labute approximate surface area is 188 Å². The maximum Gasteiger partial charge on any atom is 0.338 e. The van der Waals surface area contributed by atoms with Gasteiger partial charge in [0.05, 0.1) is 17.3 Å². The molecule has 0 aromatic heterocycles. The molecule has 0 fully saturated rings. The van der Waals surface area contributed by atoms with Crippen molar-refractivity contribution >= 4 is 47.0 Å². The highest BCUT2D eigenvalue weighted by atomic mass is 35.5. The quantitative estimate of drug-likeness (QED) is 0.525. The molecule has 3 amide bonds. The minimum atomic E-state index is -0.622. The van der Waals surface area contributed by atoms with Gasteiger partial charge in [-0.05, 0) is 48.6 Å². The second-order valence-corrected chi connectivity index (χ2v) is 8.48. The van der Waals surface area contributed by atoms with Gasteiger partial charge in [0.1, 0.15) is 13.2 Å². The van der Waals surface area contributed by atoms with Crippen LogP contribution in [0.4, 0.5) is 10.5 Å². The highest BCUT2D eigenvalue weighted by Crippen LogP contribution is 2.35. The highest BCUT2D eigenvalue weighted by Gasteiger charge is 2.42. The van der Waals surface area contributed by atoms with Gasteiger partial charge in [-0.2, -0.15) is 0 Å². The smallest absolute Gasteiger partial charge is 0.338 e. The number of benzene rings is 2. The van der Waals surface area contributed by atoms with E-state index in [1.54, 1.807) is 30.0 Å². The zero-order valence-corrected chi connectivity index (χ0v) is 18.5. The van der Waals surface area contributed by atoms with E-state index in [9.17, 15) is 14.4 Å². The first-order valence-corrected chi connectivity index (χ1v) is 11.2. The summed E-state index contributed by atoms with van der Waals surface area (Å²) < 4.78 is 5.20. The van der Waals surface area contributed by atoms with Crippen LogP contribution < -0.4 is 10.6 Å². The molecule has 0 aliphatic carbocycles. The molecule has 7 nitrogen and oxygen atoms in total. The van der Waals surface area contributed by atoms with Gasteiger partial charge in [0.2, 0.25) is 5.91 Å². The lowest BCUT2D eigenvalue weighted by Crippen LogP contribution is -2.49. The summed E-state index contributed by atoms with van der Waals surface area (Å²) in [6.45, 7) is 1.55. The van der Waals surface area contributed by atoms with Crippen molar-refractivity contribution in [3.63, 3.8) is 0 Å². The summed E-state index contributed by atoms with van der Waals surface area (Å²) >= 11 is 7.71. The lowest BCUT2D eigenvalue weighted by Gasteiger charge is -2.32. The van der Waals surface area contributed by atoms with E-state index in [1.807, 2.05) is 37.4 Å². The van der Waals surface area contributed by atoms with Gasteiger partial charge in [0.15, 0.2) is 0 Å². The van der Waals surface area contributed by atoms with Crippen molar-refractivity contribution in [3.05, 3.63) is 69.9 Å². The number of nitrogens with one attached hydrogen (secondary N) is 2. The third-order valence-corrected chi connectivity index (χ3v) is 6.36. The van der Waals surface area contributed by atoms with Gasteiger partial charge < -0.3 is 15.4 Å². The average molecular weight is 458 g/mol. The number of nitrogens with zero attached hydrogens (tertiary/aromatic N) is 1. The van der Waals surface area contributed by atoms with E-state index in [4.69, 9.17) is 16.3 Å². The molecule has 0 unspecified atom stereocenters. The molecule has 0 saturated heterocycles. The Morgan fingerprint density at radius 3 is 2.68 bits per heavy atom. The van der Waals surface area contributed by atoms with Crippen molar-refractivity contribution in [1.29, 1.82) is 0 Å². The number of halogens is 1. The van der Waals surface area contributed by atoms with E-state index in [1.165, 1.54) is 4.90 Å². The molecular formula is C22H20ClN3O4S. The highest BCUT2D eigenvalue weighted by molar-refractivity contribution is 7.98. The number of anilines is 1. The molecule has 0 spiro atoms. The summed E-state index contributed by atoms with van der Waals surface area (Å²) in [5, 5.41) is 6.09. The van der Waals surface area contributed by atoms with Gasteiger partial charge in [0, 0.05) is 15.6 Å². The Bertz CT molecular complexity index is 1100. The Morgan fingerprint density at radius 1 is 1.26 bits per heavy atom. The fourth-order valence-corrected chi connectivity index (χ4v) is 4.13. The SMILES string of the molecule is CSc1ccc([C@H]2NC(=O)N(CC(=O)Nc3ccc(C)c(Cl)c3)C3=C2C(=O)OC3)cc1. The second kappa shape index (κ2) is 8.64. The summed E-state index contributed by atoms with van der Waals surface area (Å²) in [6.07, 6.45) is 1.97. The zero-order valence-electron chi connectivity index (χ0n) is 16.9. The molecule has 1 atom stereocenters. The molecule has 2 aliphatic rings. The zero-order chi connectivity index (χ0) is 22.1. The number of rotatable bonds is 5. The number of urea groups is 1. The molecule has 4 rings (SSSR count). The van der Waals surface area contributed by atoms with Crippen molar-refractivity contribution in [3.8, 4) is 0 Å². The van der Waals surface area contributed by atoms with E-state index in [0.29, 0.717) is 22.0 Å². The summed E-state index contributed by atoms with van der Waals surface area (Å²) in [6, 6.07) is 11.7. The second-order valence-electron chi connectivity index (χ2n) is 7.19. The predicted octanol–water partition coefficient (Wildman–Crippen LogP) is 3.89. The van der Waals surface area contributed by atoms with Crippen LogP contribution in [0, 0.1) is 6.92 Å². The van der Waals surface area contributed by atoms with Crippen molar-refractivity contribution in [2.24, 2.45) is 0 Å². The number of carbonyl (C=O) groups excluding carboxylic acids is 3. The fraction of sp³-hybridized carbons (Fsp3) is 0.227. The van der Waals surface area contributed by atoms with Crippen molar-refractivity contribution in [1.82, 2.24) is 10.2 Å². The fourth-order valence-electron chi connectivity index (χ4n) is 3.54. The van der Waals surface area contributed by atoms with Crippen LogP contribution in [0.15, 0.2) is 58.6 Å². The molecule has 2 aromatic rings. The third kappa shape index (κ3) is 4.26. The van der Waals surface area contributed by atoms with Crippen LogP contribution in [0.1, 0.15) is 17.2 Å². The maximum absolute atomic E-state index is 12.8. The lowest BCUT2D eigenvalue weighted by atomic mass is 9.96.